The van der Waals surface area contributed by atoms with Gasteiger partial charge in [-0.2, -0.15) is 0 Å². The first kappa shape index (κ1) is 17.6. The van der Waals surface area contributed by atoms with Crippen LogP contribution in [0.15, 0.2) is 65.1 Å². The van der Waals surface area contributed by atoms with Gasteiger partial charge in [-0.3, -0.25) is 9.59 Å². The Morgan fingerprint density at radius 2 is 1.97 bits per heavy atom. The second-order valence-electron chi connectivity index (χ2n) is 6.86. The first-order chi connectivity index (χ1) is 14.2. The standard InChI is InChI=1S/C22H17N3O3S/c26-20-11-15(14-5-1-2-6-16(14)24-20)21(27)23-12-13-9-10-18(28-13)22-25-17-7-3-4-8-19(17)29-22/h1-10,15H,11-12H2,(H,23,27)(H,24,26). The van der Waals surface area contributed by atoms with Crippen molar-refractivity contribution in [3.05, 3.63) is 72.0 Å². The quantitative estimate of drug-likeness (QED) is 0.532. The van der Waals surface area contributed by atoms with Gasteiger partial charge in [0.2, 0.25) is 11.8 Å². The third kappa shape index (κ3) is 3.40. The number of fused-ring (bicyclic) bond motifs is 2. The van der Waals surface area contributed by atoms with Crippen LogP contribution in [0.25, 0.3) is 21.0 Å². The number of para-hydroxylation sites is 2. The van der Waals surface area contributed by atoms with E-state index in [0.29, 0.717) is 17.2 Å². The van der Waals surface area contributed by atoms with E-state index in [0.717, 1.165) is 20.8 Å². The zero-order valence-corrected chi connectivity index (χ0v) is 16.2. The molecule has 1 aliphatic rings. The summed E-state index contributed by atoms with van der Waals surface area (Å²) in [5, 5.41) is 6.51. The lowest BCUT2D eigenvalue weighted by Gasteiger charge is -2.24. The number of thiazole rings is 1. The molecule has 0 saturated heterocycles. The van der Waals surface area contributed by atoms with Crippen LogP contribution in [0.2, 0.25) is 0 Å². The summed E-state index contributed by atoms with van der Waals surface area (Å²) in [5.74, 6) is 0.475. The van der Waals surface area contributed by atoms with Crippen LogP contribution in [-0.2, 0) is 16.1 Å². The Labute approximate surface area is 170 Å². The van der Waals surface area contributed by atoms with Crippen molar-refractivity contribution in [3.8, 4) is 10.8 Å². The molecule has 144 valence electrons. The normalized spacial score (nSPS) is 15.7. The number of amides is 2. The smallest absolute Gasteiger partial charge is 0.228 e. The summed E-state index contributed by atoms with van der Waals surface area (Å²) >= 11 is 1.57. The fraction of sp³-hybridized carbons (Fsp3) is 0.136. The van der Waals surface area contributed by atoms with E-state index < -0.39 is 5.92 Å². The summed E-state index contributed by atoms with van der Waals surface area (Å²) in [4.78, 5) is 29.3. The lowest BCUT2D eigenvalue weighted by Crippen LogP contribution is -2.34. The lowest BCUT2D eigenvalue weighted by atomic mass is 9.90. The summed E-state index contributed by atoms with van der Waals surface area (Å²) < 4.78 is 6.98. The molecule has 4 aromatic rings. The molecule has 2 N–H and O–H groups in total. The topological polar surface area (TPSA) is 84.2 Å². The molecule has 0 bridgehead atoms. The van der Waals surface area contributed by atoms with Crippen molar-refractivity contribution in [2.45, 2.75) is 18.9 Å². The maximum Gasteiger partial charge on any atom is 0.228 e. The zero-order chi connectivity index (χ0) is 19.8. The van der Waals surface area contributed by atoms with Crippen LogP contribution in [0.5, 0.6) is 0 Å². The number of aromatic nitrogens is 1. The summed E-state index contributed by atoms with van der Waals surface area (Å²) in [7, 11) is 0. The lowest BCUT2D eigenvalue weighted by molar-refractivity contribution is -0.126. The second-order valence-corrected chi connectivity index (χ2v) is 7.89. The third-order valence-electron chi connectivity index (χ3n) is 4.92. The van der Waals surface area contributed by atoms with E-state index in [-0.39, 0.29) is 24.8 Å². The molecule has 3 heterocycles. The highest BCUT2D eigenvalue weighted by Gasteiger charge is 2.30. The van der Waals surface area contributed by atoms with Crippen molar-refractivity contribution < 1.29 is 14.0 Å². The first-order valence-corrected chi connectivity index (χ1v) is 10.1. The van der Waals surface area contributed by atoms with Gasteiger partial charge in [-0.1, -0.05) is 30.3 Å². The van der Waals surface area contributed by atoms with Gasteiger partial charge in [-0.15, -0.1) is 11.3 Å². The van der Waals surface area contributed by atoms with Gasteiger partial charge in [0.1, 0.15) is 5.76 Å². The predicted octanol–water partition coefficient (Wildman–Crippen LogP) is 4.30. The van der Waals surface area contributed by atoms with Crippen LogP contribution in [0, 0.1) is 0 Å². The summed E-state index contributed by atoms with van der Waals surface area (Å²) in [6.07, 6.45) is 0.137. The molecule has 2 aromatic carbocycles. The van der Waals surface area contributed by atoms with Crippen LogP contribution >= 0.6 is 11.3 Å². The highest BCUT2D eigenvalue weighted by Crippen LogP contribution is 2.33. The monoisotopic (exact) mass is 403 g/mol. The molecule has 1 unspecified atom stereocenters. The highest BCUT2D eigenvalue weighted by atomic mass is 32.1. The van der Waals surface area contributed by atoms with Crippen LogP contribution in [0.3, 0.4) is 0 Å². The molecule has 0 saturated carbocycles. The van der Waals surface area contributed by atoms with E-state index in [1.165, 1.54) is 0 Å². The molecule has 5 rings (SSSR count). The number of hydrogen-bond donors (Lipinski definition) is 2. The molecular formula is C22H17N3O3S. The molecule has 0 radical (unpaired) electrons. The van der Waals surface area contributed by atoms with E-state index in [2.05, 4.69) is 15.6 Å². The fourth-order valence-electron chi connectivity index (χ4n) is 3.51. The molecular weight excluding hydrogens is 386 g/mol. The van der Waals surface area contributed by atoms with E-state index in [9.17, 15) is 9.59 Å². The van der Waals surface area contributed by atoms with Gasteiger partial charge in [0.05, 0.1) is 22.7 Å². The van der Waals surface area contributed by atoms with Gasteiger partial charge in [0.25, 0.3) is 0 Å². The molecule has 2 aromatic heterocycles. The molecule has 0 fully saturated rings. The van der Waals surface area contributed by atoms with E-state index in [4.69, 9.17) is 4.42 Å². The maximum absolute atomic E-state index is 12.7. The third-order valence-corrected chi connectivity index (χ3v) is 5.97. The Bertz CT molecular complexity index is 1190. The summed E-state index contributed by atoms with van der Waals surface area (Å²) in [6.45, 7) is 0.254. The van der Waals surface area contributed by atoms with Crippen molar-refractivity contribution in [2.75, 3.05) is 5.32 Å². The van der Waals surface area contributed by atoms with E-state index >= 15 is 0 Å². The number of hydrogen-bond acceptors (Lipinski definition) is 5. The number of rotatable bonds is 4. The molecule has 0 aliphatic carbocycles. The van der Waals surface area contributed by atoms with Gasteiger partial charge < -0.3 is 15.1 Å². The SMILES string of the molecule is O=C1CC(C(=O)NCc2ccc(-c3nc4ccccc4s3)o2)c2ccccc2N1. The van der Waals surface area contributed by atoms with E-state index in [1.807, 2.05) is 60.7 Å². The van der Waals surface area contributed by atoms with Crippen LogP contribution < -0.4 is 10.6 Å². The Kier molecular flexibility index (Phi) is 4.37. The van der Waals surface area contributed by atoms with Gasteiger partial charge in [0, 0.05) is 12.1 Å². The number of nitrogens with one attached hydrogen (secondary N) is 2. The number of nitrogens with zero attached hydrogens (tertiary/aromatic N) is 1. The van der Waals surface area contributed by atoms with Crippen molar-refractivity contribution in [2.24, 2.45) is 0 Å². The Morgan fingerprint density at radius 3 is 2.86 bits per heavy atom. The Balaban J connectivity index is 1.30. The zero-order valence-electron chi connectivity index (χ0n) is 15.3. The average molecular weight is 403 g/mol. The van der Waals surface area contributed by atoms with Gasteiger partial charge >= 0.3 is 0 Å². The predicted molar refractivity (Wildman–Crippen MR) is 112 cm³/mol. The summed E-state index contributed by atoms with van der Waals surface area (Å²) in [6, 6.07) is 19.0. The maximum atomic E-state index is 12.7. The van der Waals surface area contributed by atoms with Gasteiger partial charge in [-0.05, 0) is 35.9 Å². The number of carbonyl (C=O) groups excluding carboxylic acids is 2. The van der Waals surface area contributed by atoms with Gasteiger partial charge in [0.15, 0.2) is 10.8 Å². The van der Waals surface area contributed by atoms with Crippen LogP contribution in [0.4, 0.5) is 5.69 Å². The second kappa shape index (κ2) is 7.18. The largest absolute Gasteiger partial charge is 0.457 e. The molecule has 2 amide bonds. The van der Waals surface area contributed by atoms with Crippen LogP contribution in [0.1, 0.15) is 23.7 Å². The fourth-order valence-corrected chi connectivity index (χ4v) is 4.44. The molecule has 29 heavy (non-hydrogen) atoms. The van der Waals surface area contributed by atoms with Crippen molar-refractivity contribution in [1.29, 1.82) is 0 Å². The van der Waals surface area contributed by atoms with Crippen molar-refractivity contribution in [3.63, 3.8) is 0 Å². The Hall–Kier alpha value is -3.45. The minimum absolute atomic E-state index is 0.137. The number of furan rings is 1. The molecule has 6 nitrogen and oxygen atoms in total. The highest BCUT2D eigenvalue weighted by molar-refractivity contribution is 7.21. The van der Waals surface area contributed by atoms with Gasteiger partial charge in [-0.25, -0.2) is 4.98 Å². The molecule has 1 aliphatic heterocycles. The Morgan fingerprint density at radius 1 is 1.14 bits per heavy atom. The minimum atomic E-state index is -0.501. The summed E-state index contributed by atoms with van der Waals surface area (Å²) in [5.41, 5.74) is 2.47. The average Bonchev–Trinajstić information content (AvgIpc) is 3.38. The number of anilines is 1. The van der Waals surface area contributed by atoms with E-state index in [1.54, 1.807) is 11.3 Å². The molecule has 7 heteroatoms. The molecule has 1 atom stereocenters. The molecule has 0 spiro atoms. The van der Waals surface area contributed by atoms with Crippen LogP contribution in [-0.4, -0.2) is 16.8 Å². The number of benzene rings is 2. The number of carbonyl (C=O) groups is 2. The first-order valence-electron chi connectivity index (χ1n) is 9.28. The van der Waals surface area contributed by atoms with Crippen molar-refractivity contribution >= 4 is 39.1 Å². The van der Waals surface area contributed by atoms with Crippen molar-refractivity contribution in [1.82, 2.24) is 10.3 Å². The minimum Gasteiger partial charge on any atom is -0.457 e.